The number of nitrogens with one attached hydrogen (secondary N) is 1. The number of rotatable bonds is 2. The van der Waals surface area contributed by atoms with Crippen LogP contribution < -0.4 is 5.32 Å². The maximum Gasteiger partial charge on any atom is 0.291 e. The molecular weight excluding hydrogens is 254 g/mol. The largest absolute Gasteiger partial charge is 0.334 e. The molecule has 0 spiro atoms. The molecule has 2 aliphatic rings. The first kappa shape index (κ1) is 13.3. The second-order valence-corrected chi connectivity index (χ2v) is 4.57. The van der Waals surface area contributed by atoms with Crippen LogP contribution in [0.4, 0.5) is 0 Å². The van der Waals surface area contributed by atoms with Gasteiger partial charge in [-0.2, -0.15) is 0 Å². The van der Waals surface area contributed by atoms with Crippen molar-refractivity contribution in [1.29, 1.82) is 0 Å². The van der Waals surface area contributed by atoms with Crippen LogP contribution in [-0.2, 0) is 6.54 Å². The highest BCUT2D eigenvalue weighted by molar-refractivity contribution is 5.91. The molecule has 3 rings (SSSR count). The Labute approximate surface area is 112 Å². The van der Waals surface area contributed by atoms with Gasteiger partial charge >= 0.3 is 0 Å². The van der Waals surface area contributed by atoms with Gasteiger partial charge in [0.25, 0.3) is 5.91 Å². The van der Waals surface area contributed by atoms with Crippen LogP contribution in [0, 0.1) is 0 Å². The van der Waals surface area contributed by atoms with Crippen molar-refractivity contribution in [1.82, 2.24) is 25.0 Å². The van der Waals surface area contributed by atoms with E-state index in [-0.39, 0.29) is 24.4 Å². The summed E-state index contributed by atoms with van der Waals surface area (Å²) >= 11 is 0. The highest BCUT2D eigenvalue weighted by Crippen LogP contribution is 2.23. The van der Waals surface area contributed by atoms with Crippen LogP contribution in [0.1, 0.15) is 42.3 Å². The summed E-state index contributed by atoms with van der Waals surface area (Å²) in [6.45, 7) is 5.34. The minimum absolute atomic E-state index is 0. The number of fused-ring (bicyclic) bond motifs is 1. The zero-order chi connectivity index (χ0) is 11.8. The first-order valence-corrected chi connectivity index (χ1v) is 6.27. The molecule has 1 amide bonds. The average Bonchev–Trinajstić information content (AvgIpc) is 2.97. The van der Waals surface area contributed by atoms with E-state index in [2.05, 4.69) is 15.5 Å². The number of carbonyl (C=O) groups is 1. The van der Waals surface area contributed by atoms with Gasteiger partial charge in [-0.25, -0.2) is 0 Å². The SMILES string of the molecule is CCN1CCn2c(nnc2[C@@H]2CCCN2)C1=O.Cl. The van der Waals surface area contributed by atoms with Crippen LogP contribution in [0.2, 0.25) is 0 Å². The summed E-state index contributed by atoms with van der Waals surface area (Å²) in [6, 6.07) is 0.275. The molecule has 100 valence electrons. The van der Waals surface area contributed by atoms with Gasteiger partial charge in [0.2, 0.25) is 5.82 Å². The number of aromatic nitrogens is 3. The molecule has 3 heterocycles. The summed E-state index contributed by atoms with van der Waals surface area (Å²) in [5.74, 6) is 1.44. The maximum atomic E-state index is 12.1. The minimum atomic E-state index is 0. The van der Waals surface area contributed by atoms with Crippen molar-refractivity contribution in [2.24, 2.45) is 0 Å². The van der Waals surface area contributed by atoms with E-state index in [1.807, 2.05) is 16.4 Å². The predicted molar refractivity (Wildman–Crippen MR) is 68.8 cm³/mol. The summed E-state index contributed by atoms with van der Waals surface area (Å²) in [7, 11) is 0. The molecule has 18 heavy (non-hydrogen) atoms. The predicted octanol–water partition coefficient (Wildman–Crippen LogP) is 0.600. The van der Waals surface area contributed by atoms with Gasteiger partial charge in [0.15, 0.2) is 5.82 Å². The smallest absolute Gasteiger partial charge is 0.291 e. The Hall–Kier alpha value is -1.14. The Morgan fingerprint density at radius 2 is 2.22 bits per heavy atom. The molecule has 1 fully saturated rings. The molecule has 0 aliphatic carbocycles. The third-order valence-corrected chi connectivity index (χ3v) is 3.61. The zero-order valence-electron chi connectivity index (χ0n) is 10.4. The summed E-state index contributed by atoms with van der Waals surface area (Å²) in [6.07, 6.45) is 2.26. The molecule has 1 aromatic heterocycles. The van der Waals surface area contributed by atoms with E-state index in [0.29, 0.717) is 5.82 Å². The van der Waals surface area contributed by atoms with Crippen LogP contribution in [0.15, 0.2) is 0 Å². The van der Waals surface area contributed by atoms with Crippen molar-refractivity contribution in [2.45, 2.75) is 32.4 Å². The van der Waals surface area contributed by atoms with Gasteiger partial charge in [-0.15, -0.1) is 22.6 Å². The summed E-state index contributed by atoms with van der Waals surface area (Å²) in [4.78, 5) is 13.9. The number of nitrogens with zero attached hydrogens (tertiary/aromatic N) is 4. The minimum Gasteiger partial charge on any atom is -0.334 e. The number of carbonyl (C=O) groups excluding carboxylic acids is 1. The van der Waals surface area contributed by atoms with Crippen LogP contribution in [0.25, 0.3) is 0 Å². The molecule has 1 N–H and O–H groups in total. The van der Waals surface area contributed by atoms with Crippen LogP contribution in [-0.4, -0.2) is 45.2 Å². The van der Waals surface area contributed by atoms with Crippen molar-refractivity contribution >= 4 is 18.3 Å². The topological polar surface area (TPSA) is 63.1 Å². The monoisotopic (exact) mass is 271 g/mol. The average molecular weight is 272 g/mol. The fourth-order valence-electron chi connectivity index (χ4n) is 2.62. The molecule has 1 saturated heterocycles. The molecule has 0 aromatic carbocycles. The Bertz CT molecular complexity index is 441. The summed E-state index contributed by atoms with van der Waals surface area (Å²) < 4.78 is 1.98. The Kier molecular flexibility index (Phi) is 3.87. The van der Waals surface area contributed by atoms with Crippen molar-refractivity contribution < 1.29 is 4.79 Å². The summed E-state index contributed by atoms with van der Waals surface area (Å²) in [5.41, 5.74) is 0. The van der Waals surface area contributed by atoms with Gasteiger partial charge in [-0.3, -0.25) is 4.79 Å². The van der Waals surface area contributed by atoms with E-state index in [4.69, 9.17) is 0 Å². The Morgan fingerprint density at radius 1 is 1.39 bits per heavy atom. The van der Waals surface area contributed by atoms with Gasteiger partial charge in [0, 0.05) is 19.6 Å². The van der Waals surface area contributed by atoms with Crippen LogP contribution in [0.5, 0.6) is 0 Å². The van der Waals surface area contributed by atoms with Gasteiger partial charge in [-0.05, 0) is 26.3 Å². The maximum absolute atomic E-state index is 12.1. The first-order chi connectivity index (χ1) is 8.31. The lowest BCUT2D eigenvalue weighted by molar-refractivity contribution is 0.0705. The van der Waals surface area contributed by atoms with E-state index >= 15 is 0 Å². The van der Waals surface area contributed by atoms with Gasteiger partial charge in [0.05, 0.1) is 6.04 Å². The number of hydrogen-bond donors (Lipinski definition) is 1. The van der Waals surface area contributed by atoms with E-state index < -0.39 is 0 Å². The highest BCUT2D eigenvalue weighted by atomic mass is 35.5. The molecule has 0 saturated carbocycles. The molecule has 7 heteroatoms. The second-order valence-electron chi connectivity index (χ2n) is 4.57. The molecule has 1 atom stereocenters. The molecular formula is C11H18ClN5O. The first-order valence-electron chi connectivity index (χ1n) is 6.27. The van der Waals surface area contributed by atoms with Gasteiger partial charge in [-0.1, -0.05) is 0 Å². The molecule has 0 bridgehead atoms. The fourth-order valence-corrected chi connectivity index (χ4v) is 2.62. The van der Waals surface area contributed by atoms with E-state index in [9.17, 15) is 4.79 Å². The second kappa shape index (κ2) is 5.24. The highest BCUT2D eigenvalue weighted by Gasteiger charge is 2.31. The van der Waals surface area contributed by atoms with E-state index in [1.54, 1.807) is 0 Å². The molecule has 0 radical (unpaired) electrons. The number of amides is 1. The summed E-state index contributed by atoms with van der Waals surface area (Å²) in [5, 5.41) is 11.7. The number of halogens is 1. The lowest BCUT2D eigenvalue weighted by atomic mass is 10.2. The van der Waals surface area contributed by atoms with E-state index in [0.717, 1.165) is 38.4 Å². The van der Waals surface area contributed by atoms with Crippen molar-refractivity contribution in [2.75, 3.05) is 19.6 Å². The fraction of sp³-hybridized carbons (Fsp3) is 0.727. The Morgan fingerprint density at radius 3 is 2.89 bits per heavy atom. The third kappa shape index (κ3) is 1.99. The van der Waals surface area contributed by atoms with Crippen molar-refractivity contribution in [3.63, 3.8) is 0 Å². The van der Waals surface area contributed by atoms with Crippen molar-refractivity contribution in [3.05, 3.63) is 11.6 Å². The normalized spacial score (nSPS) is 22.8. The molecule has 1 aromatic rings. The molecule has 2 aliphatic heterocycles. The molecule has 6 nitrogen and oxygen atoms in total. The third-order valence-electron chi connectivity index (χ3n) is 3.61. The lowest BCUT2D eigenvalue weighted by Gasteiger charge is -2.26. The standard InChI is InChI=1S/C11H17N5O.ClH/c1-2-15-6-7-16-9(8-4-3-5-12-8)13-14-10(16)11(15)17;/h8,12H,2-7H2,1H3;1H/t8-;/m0./s1. The number of likely N-dealkylation sites (N-methyl/N-ethyl adjacent to an activating group) is 1. The number of hydrogen-bond acceptors (Lipinski definition) is 4. The van der Waals surface area contributed by atoms with E-state index in [1.165, 1.54) is 6.42 Å². The van der Waals surface area contributed by atoms with Crippen molar-refractivity contribution in [3.8, 4) is 0 Å². The zero-order valence-corrected chi connectivity index (χ0v) is 11.2. The van der Waals surface area contributed by atoms with Crippen LogP contribution in [0.3, 0.4) is 0 Å². The Balaban J connectivity index is 0.00000120. The van der Waals surface area contributed by atoms with Gasteiger partial charge < -0.3 is 14.8 Å². The molecule has 0 unspecified atom stereocenters. The quantitative estimate of drug-likeness (QED) is 0.856. The van der Waals surface area contributed by atoms with Crippen LogP contribution >= 0.6 is 12.4 Å². The van der Waals surface area contributed by atoms with Gasteiger partial charge in [0.1, 0.15) is 0 Å². The lowest BCUT2D eigenvalue weighted by Crippen LogP contribution is -2.41.